The summed E-state index contributed by atoms with van der Waals surface area (Å²) in [5.41, 5.74) is 1.62. The van der Waals surface area contributed by atoms with Gasteiger partial charge in [0.1, 0.15) is 0 Å². The zero-order chi connectivity index (χ0) is 18.6. The second kappa shape index (κ2) is 8.15. The molecule has 0 atom stereocenters. The summed E-state index contributed by atoms with van der Waals surface area (Å²) in [4.78, 5) is 32.9. The summed E-state index contributed by atoms with van der Waals surface area (Å²) in [6, 6.07) is 7.82. The Hall–Kier alpha value is -2.30. The second-order valence-electron chi connectivity index (χ2n) is 7.98. The van der Waals surface area contributed by atoms with Crippen LogP contribution < -0.4 is 0 Å². The average molecular weight is 367 g/mol. The highest BCUT2D eigenvalue weighted by Crippen LogP contribution is 2.27. The van der Waals surface area contributed by atoms with Gasteiger partial charge in [-0.2, -0.15) is 0 Å². The van der Waals surface area contributed by atoms with E-state index in [1.54, 1.807) is 0 Å². The van der Waals surface area contributed by atoms with Crippen LogP contribution in [-0.4, -0.2) is 52.8 Å². The Kier molecular flexibility index (Phi) is 5.46. The molecule has 1 N–H and O–H groups in total. The number of benzene rings is 1. The van der Waals surface area contributed by atoms with Crippen LogP contribution >= 0.6 is 0 Å². The summed E-state index contributed by atoms with van der Waals surface area (Å²) in [5.74, 6) is 0.907. The van der Waals surface area contributed by atoms with E-state index in [0.29, 0.717) is 32.0 Å². The van der Waals surface area contributed by atoms with Gasteiger partial charge in [-0.3, -0.25) is 9.59 Å². The lowest BCUT2D eigenvalue weighted by molar-refractivity contribution is -0.132. The first-order chi connectivity index (χ1) is 13.2. The van der Waals surface area contributed by atoms with Crippen LogP contribution in [0.2, 0.25) is 0 Å². The summed E-state index contributed by atoms with van der Waals surface area (Å²) in [5, 5.41) is 1.06. The van der Waals surface area contributed by atoms with Gasteiger partial charge in [-0.05, 0) is 37.3 Å². The van der Waals surface area contributed by atoms with Crippen molar-refractivity contribution in [2.45, 2.75) is 44.9 Å². The third-order valence-electron chi connectivity index (χ3n) is 6.14. The first kappa shape index (κ1) is 18.1. The van der Waals surface area contributed by atoms with Crippen LogP contribution in [0.4, 0.5) is 0 Å². The molecule has 1 aliphatic carbocycles. The van der Waals surface area contributed by atoms with Crippen molar-refractivity contribution in [2.75, 3.05) is 26.2 Å². The molecule has 1 aromatic carbocycles. The van der Waals surface area contributed by atoms with E-state index >= 15 is 0 Å². The van der Waals surface area contributed by atoms with Gasteiger partial charge in [0, 0.05) is 44.2 Å². The number of rotatable bonds is 3. The molecule has 5 heteroatoms. The summed E-state index contributed by atoms with van der Waals surface area (Å²) in [6.07, 6.45) is 9.66. The summed E-state index contributed by atoms with van der Waals surface area (Å²) in [7, 11) is 0. The molecule has 1 aromatic heterocycles. The minimum absolute atomic E-state index is 0.0598. The quantitative estimate of drug-likeness (QED) is 0.897. The van der Waals surface area contributed by atoms with E-state index in [2.05, 4.69) is 4.98 Å². The van der Waals surface area contributed by atoms with Gasteiger partial charge in [0.15, 0.2) is 0 Å². The summed E-state index contributed by atoms with van der Waals surface area (Å²) in [6.45, 7) is 2.75. The van der Waals surface area contributed by atoms with Crippen LogP contribution in [0.25, 0.3) is 10.9 Å². The fourth-order valence-electron chi connectivity index (χ4n) is 4.57. The average Bonchev–Trinajstić information content (AvgIpc) is 3.04. The van der Waals surface area contributed by atoms with Crippen LogP contribution in [0.3, 0.4) is 0 Å². The number of carbonyl (C=O) groups excluding carboxylic acids is 2. The van der Waals surface area contributed by atoms with Crippen LogP contribution in [0.1, 0.15) is 55.3 Å². The van der Waals surface area contributed by atoms with Crippen LogP contribution in [-0.2, 0) is 4.79 Å². The van der Waals surface area contributed by atoms with Crippen molar-refractivity contribution >= 4 is 22.7 Å². The Morgan fingerprint density at radius 3 is 2.56 bits per heavy atom. The topological polar surface area (TPSA) is 56.4 Å². The Balaban J connectivity index is 1.38. The molecule has 1 saturated carbocycles. The Morgan fingerprint density at radius 1 is 0.926 bits per heavy atom. The van der Waals surface area contributed by atoms with Crippen LogP contribution in [0.5, 0.6) is 0 Å². The Labute approximate surface area is 160 Å². The number of nitrogens with one attached hydrogen (secondary N) is 1. The first-order valence-corrected chi connectivity index (χ1v) is 10.4. The number of fused-ring (bicyclic) bond motifs is 1. The lowest BCUT2D eigenvalue weighted by atomic mass is 9.86. The van der Waals surface area contributed by atoms with Crippen molar-refractivity contribution in [3.05, 3.63) is 36.0 Å². The first-order valence-electron chi connectivity index (χ1n) is 10.4. The number of para-hydroxylation sites is 1. The van der Waals surface area contributed by atoms with E-state index in [1.807, 2.05) is 40.3 Å². The highest BCUT2D eigenvalue weighted by Gasteiger charge is 2.26. The van der Waals surface area contributed by atoms with Crippen LogP contribution in [0, 0.1) is 5.92 Å². The van der Waals surface area contributed by atoms with E-state index in [1.165, 1.54) is 32.1 Å². The molecule has 2 amide bonds. The fourth-order valence-corrected chi connectivity index (χ4v) is 4.57. The number of aromatic nitrogens is 1. The second-order valence-corrected chi connectivity index (χ2v) is 7.98. The number of hydrogen-bond donors (Lipinski definition) is 1. The normalized spacial score (nSPS) is 19.3. The number of H-pyrrole nitrogens is 1. The molecule has 4 rings (SSSR count). The van der Waals surface area contributed by atoms with Crippen molar-refractivity contribution in [3.8, 4) is 0 Å². The van der Waals surface area contributed by atoms with Gasteiger partial charge in [0.05, 0.1) is 11.1 Å². The number of nitrogens with zero attached hydrogens (tertiary/aromatic N) is 2. The smallest absolute Gasteiger partial charge is 0.256 e. The minimum atomic E-state index is 0.0598. The van der Waals surface area contributed by atoms with Gasteiger partial charge in [-0.1, -0.05) is 31.4 Å². The molecular weight excluding hydrogens is 338 g/mol. The van der Waals surface area contributed by atoms with Crippen molar-refractivity contribution < 1.29 is 9.59 Å². The summed E-state index contributed by atoms with van der Waals surface area (Å²) < 4.78 is 0. The van der Waals surface area contributed by atoms with Crippen molar-refractivity contribution in [1.29, 1.82) is 0 Å². The molecule has 1 aliphatic heterocycles. The molecule has 2 aromatic rings. The van der Waals surface area contributed by atoms with Gasteiger partial charge in [-0.25, -0.2) is 0 Å². The van der Waals surface area contributed by atoms with Crippen molar-refractivity contribution in [2.24, 2.45) is 5.92 Å². The SMILES string of the molecule is O=C(CC1CCCCC1)N1CCCN(C(=O)c2cccc3cc[nH]c23)CC1. The predicted octanol–water partition coefficient (Wildman–Crippen LogP) is 3.81. The summed E-state index contributed by atoms with van der Waals surface area (Å²) >= 11 is 0. The molecule has 0 bridgehead atoms. The maximum Gasteiger partial charge on any atom is 0.256 e. The molecule has 0 spiro atoms. The molecule has 27 heavy (non-hydrogen) atoms. The van der Waals surface area contributed by atoms with E-state index in [0.717, 1.165) is 29.4 Å². The number of carbonyl (C=O) groups is 2. The highest BCUT2D eigenvalue weighted by atomic mass is 16.2. The van der Waals surface area contributed by atoms with Crippen molar-refractivity contribution in [1.82, 2.24) is 14.8 Å². The Morgan fingerprint density at radius 2 is 1.70 bits per heavy atom. The van der Waals surface area contributed by atoms with Crippen LogP contribution in [0.15, 0.2) is 30.5 Å². The third-order valence-corrected chi connectivity index (χ3v) is 6.14. The highest BCUT2D eigenvalue weighted by molar-refractivity contribution is 6.05. The standard InChI is InChI=1S/C22H29N3O2/c26-20(16-17-6-2-1-3-7-17)24-12-5-13-25(15-14-24)22(27)19-9-4-8-18-10-11-23-21(18)19/h4,8-11,17,23H,1-3,5-7,12-16H2. The monoisotopic (exact) mass is 367 g/mol. The molecule has 0 unspecified atom stereocenters. The van der Waals surface area contributed by atoms with Gasteiger partial charge in [0.2, 0.25) is 5.91 Å². The largest absolute Gasteiger partial charge is 0.361 e. The van der Waals surface area contributed by atoms with E-state index < -0.39 is 0 Å². The van der Waals surface area contributed by atoms with E-state index in [9.17, 15) is 9.59 Å². The van der Waals surface area contributed by atoms with E-state index in [4.69, 9.17) is 0 Å². The molecular formula is C22H29N3O2. The zero-order valence-corrected chi connectivity index (χ0v) is 16.0. The van der Waals surface area contributed by atoms with Gasteiger partial charge in [-0.15, -0.1) is 0 Å². The molecule has 5 nitrogen and oxygen atoms in total. The molecule has 1 saturated heterocycles. The molecule has 2 heterocycles. The maximum absolute atomic E-state index is 13.1. The number of amides is 2. The molecule has 0 radical (unpaired) electrons. The van der Waals surface area contributed by atoms with Gasteiger partial charge in [0.25, 0.3) is 5.91 Å². The maximum atomic E-state index is 13.1. The van der Waals surface area contributed by atoms with Gasteiger partial charge < -0.3 is 14.8 Å². The van der Waals surface area contributed by atoms with Gasteiger partial charge >= 0.3 is 0 Å². The lowest BCUT2D eigenvalue weighted by Gasteiger charge is -2.26. The number of aromatic amines is 1. The molecule has 144 valence electrons. The molecule has 2 fully saturated rings. The predicted molar refractivity (Wildman–Crippen MR) is 107 cm³/mol. The third kappa shape index (κ3) is 4.02. The minimum Gasteiger partial charge on any atom is -0.361 e. The zero-order valence-electron chi connectivity index (χ0n) is 16.0. The lowest BCUT2D eigenvalue weighted by Crippen LogP contribution is -2.38. The fraction of sp³-hybridized carbons (Fsp3) is 0.545. The Bertz CT molecular complexity index is 807. The number of hydrogen-bond acceptors (Lipinski definition) is 2. The van der Waals surface area contributed by atoms with E-state index in [-0.39, 0.29) is 11.8 Å². The molecule has 2 aliphatic rings. The van der Waals surface area contributed by atoms with Crippen molar-refractivity contribution in [3.63, 3.8) is 0 Å².